The van der Waals surface area contributed by atoms with Gasteiger partial charge in [-0.3, -0.25) is 14.5 Å². The van der Waals surface area contributed by atoms with Crippen molar-refractivity contribution in [3.05, 3.63) is 87.6 Å². The molecule has 1 aliphatic rings. The lowest BCUT2D eigenvalue weighted by Gasteiger charge is -2.33. The highest BCUT2D eigenvalue weighted by Crippen LogP contribution is 2.32. The smallest absolute Gasteiger partial charge is 0.337 e. The van der Waals surface area contributed by atoms with E-state index in [4.69, 9.17) is 4.74 Å². The Morgan fingerprint density at radius 3 is 2.37 bits per heavy atom. The highest BCUT2D eigenvalue weighted by atomic mass is 32.1. The zero-order chi connectivity index (χ0) is 24.8. The SMILES string of the molecule is COC(=O)c1ccc(N(C(=O)Cc2cccs2)[C@H](C(=O)NC2CCCC2)c2ccccc2C)cc1. The first-order valence-electron chi connectivity index (χ1n) is 11.9. The maximum atomic E-state index is 13.8. The van der Waals surface area contributed by atoms with Crippen molar-refractivity contribution in [3.63, 3.8) is 0 Å². The molecule has 4 rings (SSSR count). The van der Waals surface area contributed by atoms with E-state index >= 15 is 0 Å². The highest BCUT2D eigenvalue weighted by Gasteiger charge is 2.35. The Kier molecular flexibility index (Phi) is 7.98. The Hall–Kier alpha value is -3.45. The van der Waals surface area contributed by atoms with Crippen molar-refractivity contribution in [2.75, 3.05) is 12.0 Å². The van der Waals surface area contributed by atoms with Crippen LogP contribution in [0.3, 0.4) is 0 Å². The molecule has 7 heteroatoms. The summed E-state index contributed by atoms with van der Waals surface area (Å²) in [7, 11) is 1.33. The van der Waals surface area contributed by atoms with Gasteiger partial charge < -0.3 is 10.1 Å². The molecule has 1 atom stereocenters. The number of hydrogen-bond acceptors (Lipinski definition) is 5. The fraction of sp³-hybridized carbons (Fsp3) is 0.321. The molecule has 0 bridgehead atoms. The van der Waals surface area contributed by atoms with Crippen LogP contribution < -0.4 is 10.2 Å². The molecule has 0 spiro atoms. The molecule has 1 aromatic heterocycles. The Bertz CT molecular complexity index is 1170. The number of esters is 1. The van der Waals surface area contributed by atoms with E-state index in [9.17, 15) is 14.4 Å². The van der Waals surface area contributed by atoms with Crippen LogP contribution in [0.4, 0.5) is 5.69 Å². The Balaban J connectivity index is 1.78. The van der Waals surface area contributed by atoms with Gasteiger partial charge >= 0.3 is 5.97 Å². The van der Waals surface area contributed by atoms with Crippen LogP contribution in [-0.4, -0.2) is 30.9 Å². The summed E-state index contributed by atoms with van der Waals surface area (Å²) in [6.45, 7) is 1.95. The van der Waals surface area contributed by atoms with Crippen LogP contribution in [0.2, 0.25) is 0 Å². The van der Waals surface area contributed by atoms with E-state index in [0.29, 0.717) is 11.3 Å². The first-order valence-corrected chi connectivity index (χ1v) is 12.7. The third kappa shape index (κ3) is 5.80. The number of rotatable bonds is 8. The standard InChI is InChI=1S/C28H30N2O4S/c1-19-8-3-6-12-24(19)26(27(32)29-21-9-4-5-10-21)30(25(31)18-23-11-7-17-35-23)22-15-13-20(14-16-22)28(33)34-2/h3,6-8,11-17,21,26H,4-5,9-10,18H2,1-2H3,(H,29,32)/t26-/m0/s1. The second-order valence-electron chi connectivity index (χ2n) is 8.81. The normalized spacial score (nSPS) is 14.3. The lowest BCUT2D eigenvalue weighted by atomic mass is 9.97. The molecule has 0 saturated heterocycles. The molecule has 0 radical (unpaired) electrons. The summed E-state index contributed by atoms with van der Waals surface area (Å²) in [5, 5.41) is 5.14. The Morgan fingerprint density at radius 2 is 1.74 bits per heavy atom. The van der Waals surface area contributed by atoms with Gasteiger partial charge in [0.15, 0.2) is 0 Å². The number of amides is 2. The predicted octanol–water partition coefficient (Wildman–Crippen LogP) is 5.22. The van der Waals surface area contributed by atoms with E-state index in [0.717, 1.165) is 41.7 Å². The van der Waals surface area contributed by atoms with Gasteiger partial charge in [0.05, 0.1) is 19.1 Å². The number of nitrogens with one attached hydrogen (secondary N) is 1. The predicted molar refractivity (Wildman–Crippen MR) is 138 cm³/mol. The second-order valence-corrected chi connectivity index (χ2v) is 9.84. The van der Waals surface area contributed by atoms with Gasteiger partial charge in [0, 0.05) is 16.6 Å². The number of benzene rings is 2. The summed E-state index contributed by atoms with van der Waals surface area (Å²) < 4.78 is 4.82. The minimum atomic E-state index is -0.840. The van der Waals surface area contributed by atoms with E-state index in [1.165, 1.54) is 18.4 Å². The molecule has 3 aromatic rings. The first-order chi connectivity index (χ1) is 17.0. The van der Waals surface area contributed by atoms with Gasteiger partial charge in [-0.05, 0) is 66.6 Å². The molecule has 6 nitrogen and oxygen atoms in total. The van der Waals surface area contributed by atoms with Crippen molar-refractivity contribution in [1.82, 2.24) is 5.32 Å². The van der Waals surface area contributed by atoms with E-state index in [-0.39, 0.29) is 24.3 Å². The van der Waals surface area contributed by atoms with Crippen LogP contribution in [-0.2, 0) is 20.7 Å². The molecule has 1 fully saturated rings. The van der Waals surface area contributed by atoms with Crippen molar-refractivity contribution in [2.24, 2.45) is 0 Å². The molecule has 1 N–H and O–H groups in total. The topological polar surface area (TPSA) is 75.7 Å². The van der Waals surface area contributed by atoms with Gasteiger partial charge in [0.2, 0.25) is 11.8 Å². The fourth-order valence-electron chi connectivity index (χ4n) is 4.60. The number of nitrogens with zero attached hydrogens (tertiary/aromatic N) is 1. The summed E-state index contributed by atoms with van der Waals surface area (Å²) in [4.78, 5) is 42.1. The average molecular weight is 491 g/mol. The van der Waals surface area contributed by atoms with Crippen molar-refractivity contribution >= 4 is 34.8 Å². The van der Waals surface area contributed by atoms with Crippen LogP contribution in [0, 0.1) is 6.92 Å². The summed E-state index contributed by atoms with van der Waals surface area (Å²) in [5.74, 6) is -0.835. The number of hydrogen-bond donors (Lipinski definition) is 1. The van der Waals surface area contributed by atoms with Crippen molar-refractivity contribution in [2.45, 2.75) is 51.1 Å². The zero-order valence-electron chi connectivity index (χ0n) is 20.0. The summed E-state index contributed by atoms with van der Waals surface area (Å²) in [6.07, 6.45) is 4.26. The maximum absolute atomic E-state index is 13.8. The number of methoxy groups -OCH3 is 1. The van der Waals surface area contributed by atoms with Crippen LogP contribution in [0.1, 0.15) is 58.1 Å². The van der Waals surface area contributed by atoms with E-state index < -0.39 is 12.0 Å². The van der Waals surface area contributed by atoms with Crippen molar-refractivity contribution in [1.29, 1.82) is 0 Å². The molecule has 35 heavy (non-hydrogen) atoms. The van der Waals surface area contributed by atoms with Crippen LogP contribution in [0.25, 0.3) is 0 Å². The van der Waals surface area contributed by atoms with E-state index in [1.54, 1.807) is 29.2 Å². The van der Waals surface area contributed by atoms with Gasteiger partial charge in [0.1, 0.15) is 6.04 Å². The maximum Gasteiger partial charge on any atom is 0.337 e. The molecular formula is C28H30N2O4S. The minimum Gasteiger partial charge on any atom is -0.465 e. The van der Waals surface area contributed by atoms with Gasteiger partial charge in [0.25, 0.3) is 0 Å². The molecule has 1 aliphatic carbocycles. The summed E-state index contributed by atoms with van der Waals surface area (Å²) in [5.41, 5.74) is 2.64. The van der Waals surface area contributed by atoms with E-state index in [1.807, 2.05) is 48.7 Å². The monoisotopic (exact) mass is 490 g/mol. The van der Waals surface area contributed by atoms with Crippen LogP contribution >= 0.6 is 11.3 Å². The van der Waals surface area contributed by atoms with Gasteiger partial charge in [-0.25, -0.2) is 4.79 Å². The van der Waals surface area contributed by atoms with Gasteiger partial charge in [-0.2, -0.15) is 0 Å². The first kappa shape index (κ1) is 24.7. The molecule has 0 unspecified atom stereocenters. The number of carbonyl (C=O) groups excluding carboxylic acids is 3. The Morgan fingerprint density at radius 1 is 1.03 bits per heavy atom. The second kappa shape index (κ2) is 11.3. The number of carbonyl (C=O) groups is 3. The number of anilines is 1. The minimum absolute atomic E-state index is 0.116. The molecule has 182 valence electrons. The third-order valence-electron chi connectivity index (χ3n) is 6.43. The number of aryl methyl sites for hydroxylation is 1. The van der Waals surface area contributed by atoms with Crippen LogP contribution in [0.15, 0.2) is 66.0 Å². The zero-order valence-corrected chi connectivity index (χ0v) is 20.8. The number of thiophene rings is 1. The number of ether oxygens (including phenoxy) is 1. The lowest BCUT2D eigenvalue weighted by Crippen LogP contribution is -2.47. The lowest BCUT2D eigenvalue weighted by molar-refractivity contribution is -0.127. The summed E-state index contributed by atoms with van der Waals surface area (Å²) >= 11 is 1.51. The molecule has 2 aromatic carbocycles. The molecule has 1 saturated carbocycles. The third-order valence-corrected chi connectivity index (χ3v) is 7.31. The average Bonchev–Trinajstić information content (AvgIpc) is 3.57. The largest absolute Gasteiger partial charge is 0.465 e. The van der Waals surface area contributed by atoms with E-state index in [2.05, 4.69) is 5.32 Å². The van der Waals surface area contributed by atoms with Gasteiger partial charge in [-0.1, -0.05) is 43.2 Å². The van der Waals surface area contributed by atoms with Crippen LogP contribution in [0.5, 0.6) is 0 Å². The Labute approximate surface area is 209 Å². The molecule has 1 heterocycles. The van der Waals surface area contributed by atoms with Gasteiger partial charge in [-0.15, -0.1) is 11.3 Å². The highest BCUT2D eigenvalue weighted by molar-refractivity contribution is 7.10. The van der Waals surface area contributed by atoms with Crippen molar-refractivity contribution in [3.8, 4) is 0 Å². The fourth-order valence-corrected chi connectivity index (χ4v) is 5.30. The molecular weight excluding hydrogens is 460 g/mol. The van der Waals surface area contributed by atoms with Crippen molar-refractivity contribution < 1.29 is 19.1 Å². The molecule has 2 amide bonds. The summed E-state index contributed by atoms with van der Waals surface area (Å²) in [6, 6.07) is 17.4. The molecule has 0 aliphatic heterocycles. The quantitative estimate of drug-likeness (QED) is 0.440.